The van der Waals surface area contributed by atoms with Crippen molar-refractivity contribution < 1.29 is 18.3 Å². The van der Waals surface area contributed by atoms with Crippen molar-refractivity contribution in [1.82, 2.24) is 4.98 Å². The summed E-state index contributed by atoms with van der Waals surface area (Å²) in [5, 5.41) is 11.9. The van der Waals surface area contributed by atoms with Crippen molar-refractivity contribution in [2.75, 3.05) is 0 Å². The molecule has 0 radical (unpaired) electrons. The maximum atomic E-state index is 14.3. The van der Waals surface area contributed by atoms with E-state index in [1.54, 1.807) is 38.1 Å². The molecule has 2 aromatic rings. The van der Waals surface area contributed by atoms with E-state index in [1.165, 1.54) is 6.20 Å². The van der Waals surface area contributed by atoms with E-state index in [1.807, 2.05) is 6.07 Å². The summed E-state index contributed by atoms with van der Waals surface area (Å²) in [5.74, 6) is -1.17. The summed E-state index contributed by atoms with van der Waals surface area (Å²) in [4.78, 5) is 4.24. The van der Waals surface area contributed by atoms with Crippen molar-refractivity contribution in [2.24, 2.45) is 17.8 Å². The zero-order valence-electron chi connectivity index (χ0n) is 16.0. The van der Waals surface area contributed by atoms with E-state index in [0.29, 0.717) is 16.5 Å². The lowest BCUT2D eigenvalue weighted by atomic mass is 9.65. The quantitative estimate of drug-likeness (QED) is 0.699. The van der Waals surface area contributed by atoms with Crippen LogP contribution < -0.4 is 0 Å². The highest BCUT2D eigenvalue weighted by atomic mass is 19.4. The van der Waals surface area contributed by atoms with Gasteiger partial charge in [0.1, 0.15) is 0 Å². The summed E-state index contributed by atoms with van der Waals surface area (Å²) < 4.78 is 42.9. The highest BCUT2D eigenvalue weighted by molar-refractivity contribution is 5.81. The third-order valence-electron chi connectivity index (χ3n) is 6.12. The van der Waals surface area contributed by atoms with Crippen LogP contribution in [0.1, 0.15) is 51.5 Å². The standard InChI is InChI=1S/C22H28F3NO/c1-15(2)20(16-8-4-3-5-9-16)21(27,22(23,24)25)14-17-12-13-26-19-11-7-6-10-18(17)19/h6-7,10-13,15-16,20,27H,3-5,8-9,14H2,1-2H3. The second kappa shape index (κ2) is 7.78. The lowest BCUT2D eigenvalue weighted by Crippen LogP contribution is -2.57. The predicted molar refractivity (Wildman–Crippen MR) is 101 cm³/mol. The van der Waals surface area contributed by atoms with E-state index in [0.717, 1.165) is 32.1 Å². The van der Waals surface area contributed by atoms with Crippen molar-refractivity contribution in [1.29, 1.82) is 0 Å². The number of alkyl halides is 3. The van der Waals surface area contributed by atoms with Crippen molar-refractivity contribution >= 4 is 10.9 Å². The second-order valence-electron chi connectivity index (χ2n) is 8.25. The molecule has 5 heteroatoms. The van der Waals surface area contributed by atoms with Gasteiger partial charge in [-0.15, -0.1) is 0 Å². The van der Waals surface area contributed by atoms with Gasteiger partial charge >= 0.3 is 6.18 Å². The number of hydrogen-bond donors (Lipinski definition) is 1. The number of halogens is 3. The van der Waals surface area contributed by atoms with E-state index in [4.69, 9.17) is 0 Å². The van der Waals surface area contributed by atoms with Gasteiger partial charge in [0.15, 0.2) is 5.60 Å². The normalized spacial score (nSPS) is 20.0. The number of aliphatic hydroxyl groups is 1. The topological polar surface area (TPSA) is 33.1 Å². The van der Waals surface area contributed by atoms with Crippen LogP contribution in [-0.2, 0) is 6.42 Å². The van der Waals surface area contributed by atoms with Crippen LogP contribution in [0.2, 0.25) is 0 Å². The van der Waals surface area contributed by atoms with Gasteiger partial charge in [0.25, 0.3) is 0 Å². The third-order valence-corrected chi connectivity index (χ3v) is 6.12. The van der Waals surface area contributed by atoms with Crippen LogP contribution in [0, 0.1) is 17.8 Å². The van der Waals surface area contributed by atoms with Crippen molar-refractivity contribution in [3.8, 4) is 0 Å². The maximum absolute atomic E-state index is 14.3. The number of pyridine rings is 1. The molecule has 1 saturated carbocycles. The first-order valence-corrected chi connectivity index (χ1v) is 9.86. The largest absolute Gasteiger partial charge is 0.417 e. The molecule has 2 nitrogen and oxygen atoms in total. The zero-order chi connectivity index (χ0) is 19.7. The smallest absolute Gasteiger partial charge is 0.380 e. The van der Waals surface area contributed by atoms with Crippen LogP contribution >= 0.6 is 0 Å². The molecule has 27 heavy (non-hydrogen) atoms. The van der Waals surface area contributed by atoms with Crippen LogP contribution in [0.15, 0.2) is 36.5 Å². The van der Waals surface area contributed by atoms with Gasteiger partial charge in [-0.25, -0.2) is 0 Å². The van der Waals surface area contributed by atoms with Gasteiger partial charge in [-0.05, 0) is 29.5 Å². The van der Waals surface area contributed by atoms with Crippen molar-refractivity contribution in [3.05, 3.63) is 42.1 Å². The molecule has 1 N–H and O–H groups in total. The van der Waals surface area contributed by atoms with Gasteiger partial charge in [-0.1, -0.05) is 64.2 Å². The number of para-hydroxylation sites is 1. The molecule has 1 heterocycles. The van der Waals surface area contributed by atoms with Gasteiger partial charge in [0.2, 0.25) is 0 Å². The molecule has 1 aliphatic rings. The molecule has 0 spiro atoms. The van der Waals surface area contributed by atoms with Crippen LogP contribution in [0.25, 0.3) is 10.9 Å². The Morgan fingerprint density at radius 3 is 2.37 bits per heavy atom. The van der Waals surface area contributed by atoms with Gasteiger partial charge < -0.3 is 5.11 Å². The average Bonchev–Trinajstić information content (AvgIpc) is 2.62. The Morgan fingerprint density at radius 1 is 1.07 bits per heavy atom. The Kier molecular flexibility index (Phi) is 5.80. The van der Waals surface area contributed by atoms with Crippen LogP contribution in [-0.4, -0.2) is 21.9 Å². The highest BCUT2D eigenvalue weighted by Gasteiger charge is 2.60. The van der Waals surface area contributed by atoms with Crippen LogP contribution in [0.5, 0.6) is 0 Å². The fraction of sp³-hybridized carbons (Fsp3) is 0.591. The number of benzene rings is 1. The molecule has 0 amide bonds. The minimum Gasteiger partial charge on any atom is -0.380 e. The fourth-order valence-corrected chi connectivity index (χ4v) is 4.99. The number of hydrogen-bond acceptors (Lipinski definition) is 2. The van der Waals surface area contributed by atoms with Crippen LogP contribution in [0.3, 0.4) is 0 Å². The SMILES string of the molecule is CC(C)C(C1CCCCC1)C(O)(Cc1ccnc2ccccc12)C(F)(F)F. The van der Waals surface area contributed by atoms with Crippen molar-refractivity contribution in [2.45, 2.75) is 64.1 Å². The zero-order valence-corrected chi connectivity index (χ0v) is 16.0. The lowest BCUT2D eigenvalue weighted by molar-refractivity contribution is -0.291. The molecule has 2 atom stereocenters. The summed E-state index contributed by atoms with van der Waals surface area (Å²) in [6.45, 7) is 3.61. The Bertz CT molecular complexity index is 762. The van der Waals surface area contributed by atoms with Gasteiger partial charge in [0, 0.05) is 23.9 Å². The van der Waals surface area contributed by atoms with Gasteiger partial charge in [-0.2, -0.15) is 13.2 Å². The Morgan fingerprint density at radius 2 is 1.74 bits per heavy atom. The lowest BCUT2D eigenvalue weighted by Gasteiger charge is -2.45. The number of nitrogens with zero attached hydrogens (tertiary/aromatic N) is 1. The monoisotopic (exact) mass is 379 g/mol. The van der Waals surface area contributed by atoms with E-state index in [9.17, 15) is 18.3 Å². The first-order valence-electron chi connectivity index (χ1n) is 9.86. The second-order valence-corrected chi connectivity index (χ2v) is 8.25. The maximum Gasteiger partial charge on any atom is 0.417 e. The predicted octanol–water partition coefficient (Wildman–Crippen LogP) is 5.92. The molecule has 1 aromatic carbocycles. The molecule has 0 saturated heterocycles. The Labute approximate surface area is 158 Å². The molecule has 3 rings (SSSR count). The fourth-order valence-electron chi connectivity index (χ4n) is 4.99. The minimum atomic E-state index is -4.69. The molecular formula is C22H28F3NO. The van der Waals surface area contributed by atoms with Gasteiger partial charge in [0.05, 0.1) is 5.52 Å². The summed E-state index contributed by atoms with van der Waals surface area (Å²) >= 11 is 0. The van der Waals surface area contributed by atoms with E-state index >= 15 is 0 Å². The Hall–Kier alpha value is -1.62. The molecule has 1 aromatic heterocycles. The third kappa shape index (κ3) is 3.98. The number of rotatable bonds is 5. The minimum absolute atomic E-state index is 0.0986. The number of aromatic nitrogens is 1. The first kappa shape index (κ1) is 20.1. The summed E-state index contributed by atoms with van der Waals surface area (Å²) in [7, 11) is 0. The number of fused-ring (bicyclic) bond motifs is 1. The highest BCUT2D eigenvalue weighted by Crippen LogP contribution is 2.48. The average molecular weight is 379 g/mol. The molecule has 0 bridgehead atoms. The molecule has 1 aliphatic carbocycles. The molecule has 1 fully saturated rings. The summed E-state index contributed by atoms with van der Waals surface area (Å²) in [6, 6.07) is 8.78. The molecule has 0 aliphatic heterocycles. The van der Waals surface area contributed by atoms with Crippen molar-refractivity contribution in [3.63, 3.8) is 0 Å². The van der Waals surface area contributed by atoms with Crippen LogP contribution in [0.4, 0.5) is 13.2 Å². The molecule has 2 unspecified atom stereocenters. The summed E-state index contributed by atoms with van der Waals surface area (Å²) in [6.07, 6.45) is 0.888. The first-order chi connectivity index (χ1) is 12.7. The molecule has 148 valence electrons. The molecular weight excluding hydrogens is 351 g/mol. The Balaban J connectivity index is 2.05. The van der Waals surface area contributed by atoms with E-state index in [-0.39, 0.29) is 11.8 Å². The van der Waals surface area contributed by atoms with E-state index < -0.39 is 24.1 Å². The van der Waals surface area contributed by atoms with E-state index in [2.05, 4.69) is 4.98 Å². The summed E-state index contributed by atoms with van der Waals surface area (Å²) in [5.41, 5.74) is -1.59. The van der Waals surface area contributed by atoms with Gasteiger partial charge in [-0.3, -0.25) is 4.98 Å².